The van der Waals surface area contributed by atoms with Gasteiger partial charge in [-0.15, -0.1) is 0 Å². The Morgan fingerprint density at radius 2 is 2.18 bits per heavy atom. The number of hydrogen-bond acceptors (Lipinski definition) is 3. The maximum Gasteiger partial charge on any atom is 0.0897 e. The van der Waals surface area contributed by atoms with Gasteiger partial charge in [-0.3, -0.25) is 0 Å². The van der Waals surface area contributed by atoms with E-state index in [1.807, 2.05) is 0 Å². The molecule has 2 N–H and O–H groups in total. The molecule has 0 bridgehead atoms. The maximum atomic E-state index is 9.74. The van der Waals surface area contributed by atoms with Crippen molar-refractivity contribution < 1.29 is 9.84 Å². The Hall–Kier alpha value is -0.120. The largest absolute Gasteiger partial charge is 0.389 e. The van der Waals surface area contributed by atoms with Crippen LogP contribution in [0.3, 0.4) is 0 Å². The van der Waals surface area contributed by atoms with E-state index in [2.05, 4.69) is 19.2 Å². The van der Waals surface area contributed by atoms with Crippen LogP contribution in [-0.2, 0) is 4.74 Å². The summed E-state index contributed by atoms with van der Waals surface area (Å²) in [5.74, 6) is 0.837. The van der Waals surface area contributed by atoms with Crippen molar-refractivity contribution in [1.82, 2.24) is 5.32 Å². The number of hydrogen-bond donors (Lipinski definition) is 2. The van der Waals surface area contributed by atoms with E-state index in [-0.39, 0.29) is 6.10 Å². The molecule has 0 aromatic carbocycles. The second-order valence-corrected chi connectivity index (χ2v) is 5.25. The SMILES string of the molecule is CCCNCC(O)COC1CCCC(CC)C1. The quantitative estimate of drug-likeness (QED) is 0.643. The van der Waals surface area contributed by atoms with Gasteiger partial charge >= 0.3 is 0 Å². The molecular weight excluding hydrogens is 214 g/mol. The van der Waals surface area contributed by atoms with E-state index in [4.69, 9.17) is 4.74 Å². The molecule has 0 heterocycles. The van der Waals surface area contributed by atoms with Crippen LogP contribution in [-0.4, -0.2) is 37.0 Å². The van der Waals surface area contributed by atoms with E-state index in [1.165, 1.54) is 32.1 Å². The molecule has 3 unspecified atom stereocenters. The molecular formula is C14H29NO2. The van der Waals surface area contributed by atoms with Crippen LogP contribution in [0.15, 0.2) is 0 Å². The minimum atomic E-state index is -0.358. The van der Waals surface area contributed by atoms with Crippen molar-refractivity contribution in [3.8, 4) is 0 Å². The number of aliphatic hydroxyl groups excluding tert-OH is 1. The van der Waals surface area contributed by atoms with Crippen LogP contribution in [0.1, 0.15) is 52.4 Å². The van der Waals surface area contributed by atoms with Crippen LogP contribution in [0, 0.1) is 5.92 Å². The molecule has 102 valence electrons. The fraction of sp³-hybridized carbons (Fsp3) is 1.00. The van der Waals surface area contributed by atoms with Gasteiger partial charge in [-0.05, 0) is 31.7 Å². The Morgan fingerprint density at radius 1 is 1.35 bits per heavy atom. The second kappa shape index (κ2) is 8.90. The fourth-order valence-corrected chi connectivity index (χ4v) is 2.52. The summed E-state index contributed by atoms with van der Waals surface area (Å²) in [5, 5.41) is 13.0. The monoisotopic (exact) mass is 243 g/mol. The Morgan fingerprint density at radius 3 is 2.88 bits per heavy atom. The van der Waals surface area contributed by atoms with Crippen molar-refractivity contribution in [1.29, 1.82) is 0 Å². The lowest BCUT2D eigenvalue weighted by molar-refractivity contribution is -0.0323. The number of rotatable bonds is 8. The fourth-order valence-electron chi connectivity index (χ4n) is 2.52. The van der Waals surface area contributed by atoms with Crippen molar-refractivity contribution in [2.24, 2.45) is 5.92 Å². The number of ether oxygens (including phenoxy) is 1. The lowest BCUT2D eigenvalue weighted by Crippen LogP contribution is -2.33. The molecule has 0 aliphatic heterocycles. The van der Waals surface area contributed by atoms with Gasteiger partial charge in [-0.1, -0.05) is 33.1 Å². The summed E-state index contributed by atoms with van der Waals surface area (Å²) in [6.45, 7) is 6.49. The van der Waals surface area contributed by atoms with Gasteiger partial charge in [0.1, 0.15) is 0 Å². The summed E-state index contributed by atoms with van der Waals surface area (Å²) in [6, 6.07) is 0. The Labute approximate surface area is 106 Å². The molecule has 17 heavy (non-hydrogen) atoms. The summed E-state index contributed by atoms with van der Waals surface area (Å²) in [5.41, 5.74) is 0. The zero-order chi connectivity index (χ0) is 12.5. The average Bonchev–Trinajstić information content (AvgIpc) is 2.37. The van der Waals surface area contributed by atoms with Gasteiger partial charge in [0.15, 0.2) is 0 Å². The predicted octanol–water partition coefficient (Wildman–Crippen LogP) is 2.33. The third kappa shape index (κ3) is 6.39. The van der Waals surface area contributed by atoms with E-state index in [1.54, 1.807) is 0 Å². The molecule has 1 aliphatic carbocycles. The third-order valence-corrected chi connectivity index (χ3v) is 3.64. The summed E-state index contributed by atoms with van der Waals surface area (Å²) in [7, 11) is 0. The predicted molar refractivity (Wildman–Crippen MR) is 71.2 cm³/mol. The lowest BCUT2D eigenvalue weighted by atomic mass is 9.85. The molecule has 1 aliphatic rings. The standard InChI is InChI=1S/C14H29NO2/c1-3-8-15-10-13(16)11-17-14-7-5-6-12(4-2)9-14/h12-16H,3-11H2,1-2H3. The van der Waals surface area contributed by atoms with Gasteiger partial charge in [-0.2, -0.15) is 0 Å². The maximum absolute atomic E-state index is 9.74. The zero-order valence-corrected chi connectivity index (χ0v) is 11.5. The second-order valence-electron chi connectivity index (χ2n) is 5.25. The van der Waals surface area contributed by atoms with Crippen molar-refractivity contribution >= 4 is 0 Å². The van der Waals surface area contributed by atoms with Crippen LogP contribution in [0.2, 0.25) is 0 Å². The zero-order valence-electron chi connectivity index (χ0n) is 11.5. The first kappa shape index (κ1) is 14.9. The molecule has 1 rings (SSSR count). The molecule has 0 aromatic rings. The van der Waals surface area contributed by atoms with E-state index in [9.17, 15) is 5.11 Å². The molecule has 3 heteroatoms. The molecule has 0 aromatic heterocycles. The van der Waals surface area contributed by atoms with Crippen LogP contribution in [0.4, 0.5) is 0 Å². The van der Waals surface area contributed by atoms with Crippen molar-refractivity contribution in [2.75, 3.05) is 19.7 Å². The van der Waals surface area contributed by atoms with Gasteiger partial charge in [0, 0.05) is 6.54 Å². The molecule has 0 spiro atoms. The first-order chi connectivity index (χ1) is 8.26. The van der Waals surface area contributed by atoms with Crippen LogP contribution in [0.5, 0.6) is 0 Å². The Bertz CT molecular complexity index is 187. The highest BCUT2D eigenvalue weighted by atomic mass is 16.5. The molecule has 0 saturated heterocycles. The summed E-state index contributed by atoms with van der Waals surface area (Å²) >= 11 is 0. The molecule has 0 amide bonds. The highest BCUT2D eigenvalue weighted by Gasteiger charge is 2.21. The molecule has 1 saturated carbocycles. The van der Waals surface area contributed by atoms with E-state index in [0.29, 0.717) is 19.3 Å². The van der Waals surface area contributed by atoms with Crippen molar-refractivity contribution in [3.05, 3.63) is 0 Å². The summed E-state index contributed by atoms with van der Waals surface area (Å²) < 4.78 is 5.82. The minimum absolute atomic E-state index is 0.358. The Balaban J connectivity index is 2.08. The van der Waals surface area contributed by atoms with Crippen LogP contribution >= 0.6 is 0 Å². The van der Waals surface area contributed by atoms with Crippen molar-refractivity contribution in [2.45, 2.75) is 64.6 Å². The average molecular weight is 243 g/mol. The van der Waals surface area contributed by atoms with Gasteiger partial charge < -0.3 is 15.2 Å². The smallest absolute Gasteiger partial charge is 0.0897 e. The first-order valence-corrected chi connectivity index (χ1v) is 7.26. The lowest BCUT2D eigenvalue weighted by Gasteiger charge is -2.29. The van der Waals surface area contributed by atoms with Crippen LogP contribution in [0.25, 0.3) is 0 Å². The van der Waals surface area contributed by atoms with Gasteiger partial charge in [0.05, 0.1) is 18.8 Å². The van der Waals surface area contributed by atoms with E-state index >= 15 is 0 Å². The molecule has 3 nitrogen and oxygen atoms in total. The molecule has 1 fully saturated rings. The molecule has 0 radical (unpaired) electrons. The van der Waals surface area contributed by atoms with E-state index < -0.39 is 0 Å². The summed E-state index contributed by atoms with van der Waals surface area (Å²) in [4.78, 5) is 0. The van der Waals surface area contributed by atoms with Crippen LogP contribution < -0.4 is 5.32 Å². The topological polar surface area (TPSA) is 41.5 Å². The number of aliphatic hydroxyl groups is 1. The highest BCUT2D eigenvalue weighted by molar-refractivity contribution is 4.73. The minimum Gasteiger partial charge on any atom is -0.389 e. The van der Waals surface area contributed by atoms with Gasteiger partial charge in [0.25, 0.3) is 0 Å². The van der Waals surface area contributed by atoms with Gasteiger partial charge in [-0.25, -0.2) is 0 Å². The third-order valence-electron chi connectivity index (χ3n) is 3.64. The Kier molecular flexibility index (Phi) is 7.82. The number of nitrogens with one attached hydrogen (secondary N) is 1. The first-order valence-electron chi connectivity index (χ1n) is 7.26. The molecule has 3 atom stereocenters. The van der Waals surface area contributed by atoms with Crippen molar-refractivity contribution in [3.63, 3.8) is 0 Å². The van der Waals surface area contributed by atoms with E-state index in [0.717, 1.165) is 18.9 Å². The highest BCUT2D eigenvalue weighted by Crippen LogP contribution is 2.28. The normalized spacial score (nSPS) is 27.0. The van der Waals surface area contributed by atoms with Gasteiger partial charge in [0.2, 0.25) is 0 Å². The summed E-state index contributed by atoms with van der Waals surface area (Å²) in [6.07, 6.45) is 7.40.